The second-order valence-corrected chi connectivity index (χ2v) is 3.67. The fourth-order valence-corrected chi connectivity index (χ4v) is 2.30. The Morgan fingerprint density at radius 3 is 2.09 bits per heavy atom. The fraction of sp³-hybridized carbons (Fsp3) is 0.700. The van der Waals surface area contributed by atoms with Crippen molar-refractivity contribution in [3.8, 4) is 0 Å². The lowest BCUT2D eigenvalue weighted by molar-refractivity contribution is -0.109. The predicted octanol–water partition coefficient (Wildman–Crippen LogP) is 2.18. The van der Waals surface area contributed by atoms with Gasteiger partial charge < -0.3 is 4.79 Å². The maximum absolute atomic E-state index is 10.5. The number of fused-ring (bicyclic) bond motifs is 1. The van der Waals surface area contributed by atoms with Crippen LogP contribution in [0.5, 0.6) is 0 Å². The van der Waals surface area contributed by atoms with E-state index in [9.17, 15) is 4.79 Å². The molecule has 3 atom stereocenters. The van der Waals surface area contributed by atoms with Gasteiger partial charge in [-0.1, -0.05) is 12.2 Å². The van der Waals surface area contributed by atoms with Crippen molar-refractivity contribution in [2.45, 2.75) is 25.7 Å². The van der Waals surface area contributed by atoms with Crippen molar-refractivity contribution in [2.75, 3.05) is 0 Å². The maximum atomic E-state index is 10.5. The van der Waals surface area contributed by atoms with Crippen molar-refractivity contribution in [3.63, 3.8) is 0 Å². The summed E-state index contributed by atoms with van der Waals surface area (Å²) < 4.78 is 0. The highest BCUT2D eigenvalue weighted by atomic mass is 16.1. The molecule has 0 amide bonds. The van der Waals surface area contributed by atoms with Gasteiger partial charge in [0.2, 0.25) is 0 Å². The zero-order valence-electron chi connectivity index (χ0n) is 6.70. The van der Waals surface area contributed by atoms with Crippen molar-refractivity contribution in [1.29, 1.82) is 0 Å². The molecule has 2 aliphatic carbocycles. The van der Waals surface area contributed by atoms with Crippen LogP contribution in [0.15, 0.2) is 12.2 Å². The lowest BCUT2D eigenvalue weighted by Gasteiger charge is -1.99. The van der Waals surface area contributed by atoms with Crippen LogP contribution in [0.4, 0.5) is 0 Å². The molecule has 0 heterocycles. The van der Waals surface area contributed by atoms with Crippen molar-refractivity contribution >= 4 is 6.29 Å². The Bertz CT molecular complexity index is 167. The van der Waals surface area contributed by atoms with Crippen LogP contribution in [-0.2, 0) is 4.79 Å². The summed E-state index contributed by atoms with van der Waals surface area (Å²) in [7, 11) is 0. The van der Waals surface area contributed by atoms with Gasteiger partial charge in [0.1, 0.15) is 6.29 Å². The molecule has 0 radical (unpaired) electrons. The summed E-state index contributed by atoms with van der Waals surface area (Å²) in [5, 5.41) is 0. The standard InChI is InChI=1S/C10H14O/c11-7-10-8-5-3-1-2-4-6-9(8)10/h1-2,7-10H,3-6H2/b2-1-/t8-,9?,10?/m1/s1. The summed E-state index contributed by atoms with van der Waals surface area (Å²) in [6, 6.07) is 0. The second kappa shape index (κ2) is 2.80. The van der Waals surface area contributed by atoms with Gasteiger partial charge in [0.15, 0.2) is 0 Å². The first-order valence-corrected chi connectivity index (χ1v) is 4.54. The Morgan fingerprint density at radius 1 is 1.09 bits per heavy atom. The molecule has 0 bridgehead atoms. The smallest absolute Gasteiger partial charge is 0.123 e. The van der Waals surface area contributed by atoms with E-state index >= 15 is 0 Å². The summed E-state index contributed by atoms with van der Waals surface area (Å²) in [4.78, 5) is 10.5. The number of rotatable bonds is 1. The van der Waals surface area contributed by atoms with Gasteiger partial charge in [0.25, 0.3) is 0 Å². The minimum atomic E-state index is 0.426. The summed E-state index contributed by atoms with van der Waals surface area (Å²) in [6.07, 6.45) is 10.5. The number of aldehydes is 1. The van der Waals surface area contributed by atoms with Gasteiger partial charge in [-0.2, -0.15) is 0 Å². The average Bonchev–Trinajstić information content (AvgIpc) is 2.60. The van der Waals surface area contributed by atoms with Gasteiger partial charge >= 0.3 is 0 Å². The van der Waals surface area contributed by atoms with Crippen LogP contribution in [0.1, 0.15) is 25.7 Å². The van der Waals surface area contributed by atoms with Crippen LogP contribution in [0.3, 0.4) is 0 Å². The Labute approximate surface area is 67.5 Å². The Kier molecular flexibility index (Phi) is 1.80. The SMILES string of the molecule is O=CC1C2CC/C=C\CC[C@@H]12. The van der Waals surface area contributed by atoms with Gasteiger partial charge in [-0.3, -0.25) is 0 Å². The number of allylic oxidation sites excluding steroid dienone is 2. The molecule has 2 rings (SSSR count). The van der Waals surface area contributed by atoms with Gasteiger partial charge in [-0.25, -0.2) is 0 Å². The molecule has 60 valence electrons. The molecule has 0 saturated heterocycles. The zero-order valence-corrected chi connectivity index (χ0v) is 6.70. The van der Waals surface area contributed by atoms with E-state index in [2.05, 4.69) is 12.2 Å². The first-order valence-electron chi connectivity index (χ1n) is 4.54. The molecular formula is C10H14O. The lowest BCUT2D eigenvalue weighted by Crippen LogP contribution is -1.85. The van der Waals surface area contributed by atoms with E-state index in [4.69, 9.17) is 0 Å². The molecule has 2 unspecified atom stereocenters. The molecule has 0 N–H and O–H groups in total. The number of hydrogen-bond donors (Lipinski definition) is 0. The topological polar surface area (TPSA) is 17.1 Å². The molecule has 11 heavy (non-hydrogen) atoms. The summed E-state index contributed by atoms with van der Waals surface area (Å²) >= 11 is 0. The van der Waals surface area contributed by atoms with Crippen molar-refractivity contribution in [1.82, 2.24) is 0 Å². The van der Waals surface area contributed by atoms with Gasteiger partial charge in [0, 0.05) is 5.92 Å². The molecule has 1 nitrogen and oxygen atoms in total. The van der Waals surface area contributed by atoms with E-state index in [1.807, 2.05) is 0 Å². The van der Waals surface area contributed by atoms with Crippen LogP contribution < -0.4 is 0 Å². The minimum Gasteiger partial charge on any atom is -0.303 e. The first kappa shape index (κ1) is 7.08. The van der Waals surface area contributed by atoms with E-state index in [0.29, 0.717) is 5.92 Å². The highest BCUT2D eigenvalue weighted by molar-refractivity contribution is 5.59. The van der Waals surface area contributed by atoms with Crippen LogP contribution in [0.25, 0.3) is 0 Å². The van der Waals surface area contributed by atoms with E-state index in [-0.39, 0.29) is 0 Å². The van der Waals surface area contributed by atoms with Crippen molar-refractivity contribution < 1.29 is 4.79 Å². The van der Waals surface area contributed by atoms with Crippen LogP contribution >= 0.6 is 0 Å². The molecule has 0 aromatic rings. The summed E-state index contributed by atoms with van der Waals surface area (Å²) in [5.74, 6) is 1.92. The quantitative estimate of drug-likeness (QED) is 0.413. The average molecular weight is 150 g/mol. The Balaban J connectivity index is 1.96. The first-order chi connectivity index (χ1) is 5.43. The molecule has 1 saturated carbocycles. The highest BCUT2D eigenvalue weighted by Crippen LogP contribution is 2.51. The molecular weight excluding hydrogens is 136 g/mol. The third-order valence-electron chi connectivity index (χ3n) is 3.05. The fourth-order valence-electron chi connectivity index (χ4n) is 2.30. The third-order valence-corrected chi connectivity index (χ3v) is 3.05. The lowest BCUT2D eigenvalue weighted by atomic mass is 10.1. The Hall–Kier alpha value is -0.590. The second-order valence-electron chi connectivity index (χ2n) is 3.67. The van der Waals surface area contributed by atoms with Crippen molar-refractivity contribution in [2.24, 2.45) is 17.8 Å². The monoisotopic (exact) mass is 150 g/mol. The van der Waals surface area contributed by atoms with Gasteiger partial charge in [-0.15, -0.1) is 0 Å². The van der Waals surface area contributed by atoms with Crippen LogP contribution in [0.2, 0.25) is 0 Å². The normalized spacial score (nSPS) is 44.9. The molecule has 0 aromatic carbocycles. The maximum Gasteiger partial charge on any atom is 0.123 e. The van der Waals surface area contributed by atoms with Gasteiger partial charge in [0.05, 0.1) is 0 Å². The largest absolute Gasteiger partial charge is 0.303 e. The molecule has 0 spiro atoms. The predicted molar refractivity (Wildman–Crippen MR) is 44.1 cm³/mol. The molecule has 1 heteroatoms. The van der Waals surface area contributed by atoms with E-state index < -0.39 is 0 Å². The van der Waals surface area contributed by atoms with Crippen molar-refractivity contribution in [3.05, 3.63) is 12.2 Å². The van der Waals surface area contributed by atoms with E-state index in [1.165, 1.54) is 32.0 Å². The van der Waals surface area contributed by atoms with E-state index in [1.54, 1.807) is 0 Å². The van der Waals surface area contributed by atoms with Crippen LogP contribution in [0, 0.1) is 17.8 Å². The number of hydrogen-bond acceptors (Lipinski definition) is 1. The van der Waals surface area contributed by atoms with Gasteiger partial charge in [-0.05, 0) is 37.5 Å². The molecule has 0 aliphatic heterocycles. The Morgan fingerprint density at radius 2 is 1.64 bits per heavy atom. The summed E-state index contributed by atoms with van der Waals surface area (Å²) in [5.41, 5.74) is 0. The molecule has 2 aliphatic rings. The number of carbonyl (C=O) groups excluding carboxylic acids is 1. The minimum absolute atomic E-state index is 0.426. The highest BCUT2D eigenvalue weighted by Gasteiger charge is 2.48. The summed E-state index contributed by atoms with van der Waals surface area (Å²) in [6.45, 7) is 0. The number of carbonyl (C=O) groups is 1. The molecule has 0 aromatic heterocycles. The van der Waals surface area contributed by atoms with E-state index in [0.717, 1.165) is 11.8 Å². The third kappa shape index (κ3) is 1.24. The van der Waals surface area contributed by atoms with Crippen LogP contribution in [-0.4, -0.2) is 6.29 Å². The molecule has 1 fully saturated rings. The zero-order chi connectivity index (χ0) is 7.68.